The van der Waals surface area contributed by atoms with Gasteiger partial charge in [-0.15, -0.1) is 0 Å². The highest BCUT2D eigenvalue weighted by molar-refractivity contribution is 5.89. The Hall–Kier alpha value is -2.19. The summed E-state index contributed by atoms with van der Waals surface area (Å²) in [6.07, 6.45) is 5.22. The van der Waals surface area contributed by atoms with Gasteiger partial charge in [-0.1, -0.05) is 0 Å². The van der Waals surface area contributed by atoms with E-state index in [1.54, 1.807) is 24.8 Å². The van der Waals surface area contributed by atoms with Crippen LogP contribution in [0.3, 0.4) is 0 Å². The molecule has 2 heterocycles. The molecule has 7 nitrogen and oxygen atoms in total. The largest absolute Gasteiger partial charge is 0.364 e. The Bertz CT molecular complexity index is 636. The lowest BCUT2D eigenvalue weighted by Crippen LogP contribution is -2.29. The van der Waals surface area contributed by atoms with Crippen LogP contribution in [0.2, 0.25) is 0 Å². The van der Waals surface area contributed by atoms with Gasteiger partial charge >= 0.3 is 0 Å². The number of carbonyl (C=O) groups excluding carboxylic acids is 1. The number of ether oxygens (including phenoxy) is 2. The summed E-state index contributed by atoms with van der Waals surface area (Å²) in [6, 6.07) is 7.23. The van der Waals surface area contributed by atoms with Crippen LogP contribution in [0.1, 0.15) is 23.3 Å². The van der Waals surface area contributed by atoms with Crippen molar-refractivity contribution >= 4 is 5.78 Å². The minimum atomic E-state index is -0.722. The Morgan fingerprint density at radius 3 is 1.46 bits per heavy atom. The molecule has 0 saturated carbocycles. The highest BCUT2D eigenvalue weighted by Gasteiger charge is 2.31. The molecular formula is C21H30N4O3. The zero-order chi connectivity index (χ0) is 20.4. The van der Waals surface area contributed by atoms with Crippen molar-refractivity contribution in [3.8, 4) is 0 Å². The third-order valence-electron chi connectivity index (χ3n) is 4.18. The molecule has 2 unspecified atom stereocenters. The minimum absolute atomic E-state index is 0.130. The zero-order valence-corrected chi connectivity index (χ0v) is 17.1. The van der Waals surface area contributed by atoms with Crippen LogP contribution < -0.4 is 0 Å². The molecule has 0 aliphatic rings. The van der Waals surface area contributed by atoms with Crippen molar-refractivity contribution in [3.05, 3.63) is 60.2 Å². The molecule has 0 aliphatic heterocycles. The van der Waals surface area contributed by atoms with Gasteiger partial charge in [-0.2, -0.15) is 0 Å². The Balaban J connectivity index is 2.24. The summed E-state index contributed by atoms with van der Waals surface area (Å²) in [6.45, 7) is 2.31. The van der Waals surface area contributed by atoms with Crippen molar-refractivity contribution < 1.29 is 14.3 Å². The lowest BCUT2D eigenvalue weighted by molar-refractivity contribution is -0.144. The Morgan fingerprint density at radius 2 is 1.14 bits per heavy atom. The molecule has 0 saturated heterocycles. The number of rotatable bonds is 12. The normalized spacial score (nSPS) is 13.6. The van der Waals surface area contributed by atoms with Crippen LogP contribution in [0, 0.1) is 0 Å². The van der Waals surface area contributed by atoms with Crippen molar-refractivity contribution in [2.45, 2.75) is 12.2 Å². The average molecular weight is 386 g/mol. The van der Waals surface area contributed by atoms with Crippen molar-refractivity contribution in [2.75, 3.05) is 54.5 Å². The van der Waals surface area contributed by atoms with Gasteiger partial charge in [0.15, 0.2) is 5.78 Å². The minimum Gasteiger partial charge on any atom is -0.364 e. The maximum Gasteiger partial charge on any atom is 0.199 e. The second-order valence-corrected chi connectivity index (χ2v) is 7.07. The summed E-state index contributed by atoms with van der Waals surface area (Å²) in [4.78, 5) is 25.6. The highest BCUT2D eigenvalue weighted by atomic mass is 16.5. The number of carbonyl (C=O) groups is 1. The number of aromatic nitrogens is 2. The summed E-state index contributed by atoms with van der Waals surface area (Å²) < 4.78 is 12.0. The molecular weight excluding hydrogens is 356 g/mol. The summed E-state index contributed by atoms with van der Waals surface area (Å²) in [5, 5.41) is 0. The van der Waals surface area contributed by atoms with E-state index < -0.39 is 12.2 Å². The summed E-state index contributed by atoms with van der Waals surface area (Å²) in [7, 11) is 7.88. The van der Waals surface area contributed by atoms with E-state index in [-0.39, 0.29) is 5.78 Å². The molecule has 7 heteroatoms. The van der Waals surface area contributed by atoms with Crippen molar-refractivity contribution in [1.82, 2.24) is 19.8 Å². The van der Waals surface area contributed by atoms with E-state index in [1.165, 1.54) is 0 Å². The van der Waals surface area contributed by atoms with Gasteiger partial charge in [-0.25, -0.2) is 0 Å². The van der Waals surface area contributed by atoms with Crippen molar-refractivity contribution in [1.29, 1.82) is 0 Å². The fourth-order valence-corrected chi connectivity index (χ4v) is 2.61. The van der Waals surface area contributed by atoms with Gasteiger partial charge in [0.1, 0.15) is 12.2 Å². The van der Waals surface area contributed by atoms with Crippen LogP contribution >= 0.6 is 0 Å². The standard InChI is InChI=1S/C21H30N4O3/c1-24(2)13-15-27-20(17-5-9-22-10-6-17)19(26)21(28-16-14-25(3)4)18-7-11-23-12-8-18/h5-12,20-21H,13-16H2,1-4H3. The smallest absolute Gasteiger partial charge is 0.199 e. The number of nitrogens with zero attached hydrogens (tertiary/aromatic N) is 4. The van der Waals surface area contributed by atoms with Crippen LogP contribution in [0.5, 0.6) is 0 Å². The maximum atomic E-state index is 13.5. The first-order chi connectivity index (χ1) is 13.5. The van der Waals surface area contributed by atoms with E-state index in [9.17, 15) is 4.79 Å². The Kier molecular flexibility index (Phi) is 9.16. The summed E-state index contributed by atoms with van der Waals surface area (Å²) >= 11 is 0. The predicted molar refractivity (Wildman–Crippen MR) is 108 cm³/mol. The topological polar surface area (TPSA) is 67.8 Å². The second-order valence-electron chi connectivity index (χ2n) is 7.07. The molecule has 0 aliphatic carbocycles. The monoisotopic (exact) mass is 386 g/mol. The van der Waals surface area contributed by atoms with E-state index in [4.69, 9.17) is 9.47 Å². The maximum absolute atomic E-state index is 13.5. The fraction of sp³-hybridized carbons (Fsp3) is 0.476. The van der Waals surface area contributed by atoms with E-state index in [0.29, 0.717) is 13.2 Å². The van der Waals surface area contributed by atoms with Gasteiger partial charge in [0.2, 0.25) is 0 Å². The van der Waals surface area contributed by atoms with Gasteiger partial charge in [0, 0.05) is 37.9 Å². The third kappa shape index (κ3) is 7.09. The van der Waals surface area contributed by atoms with E-state index in [1.807, 2.05) is 62.3 Å². The molecule has 0 N–H and O–H groups in total. The van der Waals surface area contributed by atoms with Crippen LogP contribution in [-0.2, 0) is 14.3 Å². The van der Waals surface area contributed by atoms with E-state index in [0.717, 1.165) is 24.2 Å². The second kappa shape index (κ2) is 11.6. The van der Waals surface area contributed by atoms with Crippen LogP contribution in [0.4, 0.5) is 0 Å². The fourth-order valence-electron chi connectivity index (χ4n) is 2.61. The van der Waals surface area contributed by atoms with Gasteiger partial charge in [-0.05, 0) is 63.6 Å². The molecule has 0 fully saturated rings. The van der Waals surface area contributed by atoms with Gasteiger partial charge < -0.3 is 19.3 Å². The molecule has 2 rings (SSSR count). The van der Waals surface area contributed by atoms with E-state index in [2.05, 4.69) is 9.97 Å². The van der Waals surface area contributed by atoms with Crippen LogP contribution in [0.25, 0.3) is 0 Å². The Morgan fingerprint density at radius 1 is 0.786 bits per heavy atom. The number of Topliss-reactive ketones (excluding diaryl/α,β-unsaturated/α-hetero) is 1. The average Bonchev–Trinajstić information content (AvgIpc) is 2.69. The van der Waals surface area contributed by atoms with Crippen molar-refractivity contribution in [3.63, 3.8) is 0 Å². The van der Waals surface area contributed by atoms with Crippen LogP contribution in [0.15, 0.2) is 49.1 Å². The lowest BCUT2D eigenvalue weighted by Gasteiger charge is -2.25. The molecule has 2 aromatic rings. The molecule has 0 aromatic carbocycles. The van der Waals surface area contributed by atoms with Gasteiger partial charge in [0.25, 0.3) is 0 Å². The number of pyridine rings is 2. The molecule has 2 atom stereocenters. The van der Waals surface area contributed by atoms with Crippen molar-refractivity contribution in [2.24, 2.45) is 0 Å². The molecule has 0 spiro atoms. The third-order valence-corrected chi connectivity index (χ3v) is 4.18. The molecule has 0 bridgehead atoms. The summed E-state index contributed by atoms with van der Waals surface area (Å²) in [5.41, 5.74) is 1.54. The van der Waals surface area contributed by atoms with Gasteiger partial charge in [-0.3, -0.25) is 14.8 Å². The number of ketones is 1. The lowest BCUT2D eigenvalue weighted by atomic mass is 9.98. The highest BCUT2D eigenvalue weighted by Crippen LogP contribution is 2.28. The number of hydrogen-bond acceptors (Lipinski definition) is 7. The molecule has 0 radical (unpaired) electrons. The number of likely N-dealkylation sites (N-methyl/N-ethyl adjacent to an activating group) is 2. The van der Waals surface area contributed by atoms with Gasteiger partial charge in [0.05, 0.1) is 13.2 Å². The molecule has 152 valence electrons. The predicted octanol–water partition coefficient (Wildman–Crippen LogP) is 1.98. The molecule has 0 amide bonds. The first-order valence-electron chi connectivity index (χ1n) is 9.35. The van der Waals surface area contributed by atoms with E-state index >= 15 is 0 Å². The first kappa shape index (κ1) is 22.1. The Labute approximate surface area is 167 Å². The SMILES string of the molecule is CN(C)CCOC(C(=O)C(OCCN(C)C)c1ccncc1)c1ccncc1. The quantitative estimate of drug-likeness (QED) is 0.552. The summed E-state index contributed by atoms with van der Waals surface area (Å²) in [5.74, 6) is -0.130. The molecule has 2 aromatic heterocycles. The zero-order valence-electron chi connectivity index (χ0n) is 17.1. The first-order valence-corrected chi connectivity index (χ1v) is 9.35. The number of hydrogen-bond donors (Lipinski definition) is 0. The molecule has 28 heavy (non-hydrogen) atoms. The van der Waals surface area contributed by atoms with Crippen LogP contribution in [-0.4, -0.2) is 80.0 Å².